The lowest BCUT2D eigenvalue weighted by Crippen LogP contribution is -2.32. The Morgan fingerprint density at radius 1 is 1.24 bits per heavy atom. The number of carboxylic acid groups (broad SMARTS) is 1. The minimum absolute atomic E-state index is 0.376. The molecule has 0 unspecified atom stereocenters. The summed E-state index contributed by atoms with van der Waals surface area (Å²) in [6.07, 6.45) is 7.33. The molecule has 0 spiro atoms. The first-order valence-corrected chi connectivity index (χ1v) is 10.0. The third-order valence-corrected chi connectivity index (χ3v) is 6.70. The second kappa shape index (κ2) is 7.26. The lowest BCUT2D eigenvalue weighted by Gasteiger charge is -2.31. The predicted molar refractivity (Wildman–Crippen MR) is 99.4 cm³/mol. The Kier molecular flexibility index (Phi) is 4.86. The topological polar surface area (TPSA) is 53.4 Å². The predicted octanol–water partition coefficient (Wildman–Crippen LogP) is 4.10. The molecular formula is C20H24N2O2S. The molecule has 1 aliphatic carbocycles. The Hall–Kier alpha value is -1.72. The number of piperidine rings is 1. The molecule has 2 aliphatic rings. The first-order valence-electron chi connectivity index (χ1n) is 9.22. The average Bonchev–Trinajstić information content (AvgIpc) is 3.07. The third kappa shape index (κ3) is 3.77. The highest BCUT2D eigenvalue weighted by molar-refractivity contribution is 7.11. The van der Waals surface area contributed by atoms with Crippen LogP contribution in [0.4, 0.5) is 0 Å². The maximum Gasteiger partial charge on any atom is 0.335 e. The van der Waals surface area contributed by atoms with Crippen molar-refractivity contribution < 1.29 is 9.90 Å². The van der Waals surface area contributed by atoms with Crippen molar-refractivity contribution in [3.05, 3.63) is 51.0 Å². The number of hydrogen-bond acceptors (Lipinski definition) is 4. The quantitative estimate of drug-likeness (QED) is 0.896. The van der Waals surface area contributed by atoms with E-state index in [1.807, 2.05) is 23.5 Å². The molecule has 25 heavy (non-hydrogen) atoms. The van der Waals surface area contributed by atoms with Gasteiger partial charge in [-0.3, -0.25) is 4.90 Å². The average molecular weight is 356 g/mol. The second-order valence-electron chi connectivity index (χ2n) is 7.19. The van der Waals surface area contributed by atoms with Gasteiger partial charge >= 0.3 is 5.97 Å². The molecule has 0 amide bonds. The van der Waals surface area contributed by atoms with Crippen LogP contribution in [0.1, 0.15) is 63.1 Å². The number of fused-ring (bicyclic) bond motifs is 1. The maximum atomic E-state index is 11.1. The van der Waals surface area contributed by atoms with E-state index in [4.69, 9.17) is 10.1 Å². The Labute approximate surface area is 152 Å². The summed E-state index contributed by atoms with van der Waals surface area (Å²) >= 11 is 1.96. The van der Waals surface area contributed by atoms with Crippen LogP contribution in [0.15, 0.2) is 24.3 Å². The van der Waals surface area contributed by atoms with E-state index in [9.17, 15) is 4.79 Å². The summed E-state index contributed by atoms with van der Waals surface area (Å²) in [5.41, 5.74) is 2.84. The minimum atomic E-state index is -0.853. The van der Waals surface area contributed by atoms with Gasteiger partial charge in [-0.25, -0.2) is 9.78 Å². The van der Waals surface area contributed by atoms with Gasteiger partial charge in [-0.1, -0.05) is 12.1 Å². The standard InChI is InChI=1S/C20H24N2O2S/c23-20(24)16-5-3-4-14(12-16)13-22-10-8-15(9-11-22)19-21-17-6-1-2-7-18(17)25-19/h3-5,12,15H,1-2,6-11,13H2,(H,23,24). The Morgan fingerprint density at radius 3 is 2.80 bits per heavy atom. The molecule has 1 aromatic carbocycles. The van der Waals surface area contributed by atoms with Crippen molar-refractivity contribution in [1.29, 1.82) is 0 Å². The lowest BCUT2D eigenvalue weighted by molar-refractivity contribution is 0.0696. The molecule has 1 N–H and O–H groups in total. The largest absolute Gasteiger partial charge is 0.478 e. The zero-order chi connectivity index (χ0) is 17.2. The van der Waals surface area contributed by atoms with Crippen LogP contribution in [0, 0.1) is 0 Å². The van der Waals surface area contributed by atoms with Gasteiger partial charge in [0.05, 0.1) is 16.3 Å². The number of thiazole rings is 1. The fourth-order valence-corrected chi connectivity index (χ4v) is 5.27. The molecule has 2 heterocycles. The van der Waals surface area contributed by atoms with Gasteiger partial charge in [0.2, 0.25) is 0 Å². The van der Waals surface area contributed by atoms with E-state index in [1.54, 1.807) is 12.1 Å². The van der Waals surface area contributed by atoms with Crippen LogP contribution in [0.2, 0.25) is 0 Å². The summed E-state index contributed by atoms with van der Waals surface area (Å²) in [6, 6.07) is 7.31. The van der Waals surface area contributed by atoms with E-state index in [-0.39, 0.29) is 0 Å². The molecule has 0 radical (unpaired) electrons. The minimum Gasteiger partial charge on any atom is -0.478 e. The highest BCUT2D eigenvalue weighted by atomic mass is 32.1. The molecule has 1 aliphatic heterocycles. The number of aromatic carboxylic acids is 1. The number of nitrogens with zero attached hydrogens (tertiary/aromatic N) is 2. The van der Waals surface area contributed by atoms with Crippen LogP contribution in [0.25, 0.3) is 0 Å². The van der Waals surface area contributed by atoms with Crippen LogP contribution in [0.5, 0.6) is 0 Å². The number of hydrogen-bond donors (Lipinski definition) is 1. The Balaban J connectivity index is 1.36. The van der Waals surface area contributed by atoms with Crippen LogP contribution in [-0.4, -0.2) is 34.0 Å². The van der Waals surface area contributed by atoms with Crippen LogP contribution in [-0.2, 0) is 19.4 Å². The number of likely N-dealkylation sites (tertiary alicyclic amines) is 1. The zero-order valence-electron chi connectivity index (χ0n) is 14.4. The number of aryl methyl sites for hydroxylation is 2. The Bertz CT molecular complexity index is 739. The molecule has 132 valence electrons. The molecule has 0 bridgehead atoms. The van der Waals surface area contributed by atoms with Gasteiger partial charge in [-0.2, -0.15) is 0 Å². The van der Waals surface area contributed by atoms with E-state index in [1.165, 1.54) is 41.3 Å². The van der Waals surface area contributed by atoms with Gasteiger partial charge in [0, 0.05) is 17.3 Å². The van der Waals surface area contributed by atoms with E-state index in [0.717, 1.165) is 38.0 Å². The maximum absolute atomic E-state index is 11.1. The summed E-state index contributed by atoms with van der Waals surface area (Å²) in [5.74, 6) is -0.245. The molecule has 1 fully saturated rings. The first kappa shape index (κ1) is 16.7. The molecular weight excluding hydrogens is 332 g/mol. The van der Waals surface area contributed by atoms with E-state index in [0.29, 0.717) is 11.5 Å². The third-order valence-electron chi connectivity index (χ3n) is 5.38. The normalized spacial score (nSPS) is 18.9. The fraction of sp³-hybridized carbons (Fsp3) is 0.500. The van der Waals surface area contributed by atoms with Crippen molar-refractivity contribution in [2.75, 3.05) is 13.1 Å². The van der Waals surface area contributed by atoms with E-state index < -0.39 is 5.97 Å². The van der Waals surface area contributed by atoms with Crippen molar-refractivity contribution >= 4 is 17.3 Å². The summed E-state index contributed by atoms with van der Waals surface area (Å²) < 4.78 is 0. The van der Waals surface area contributed by atoms with Crippen LogP contribution >= 0.6 is 11.3 Å². The van der Waals surface area contributed by atoms with Crippen molar-refractivity contribution in [3.8, 4) is 0 Å². The van der Waals surface area contributed by atoms with Gasteiger partial charge in [0.15, 0.2) is 0 Å². The van der Waals surface area contributed by atoms with Gasteiger partial charge in [-0.05, 0) is 69.3 Å². The highest BCUT2D eigenvalue weighted by Crippen LogP contribution is 2.35. The van der Waals surface area contributed by atoms with Crippen molar-refractivity contribution in [3.63, 3.8) is 0 Å². The SMILES string of the molecule is O=C(O)c1cccc(CN2CCC(c3nc4c(s3)CCCC4)CC2)c1. The molecule has 4 rings (SSSR count). The second-order valence-corrected chi connectivity index (χ2v) is 8.30. The summed E-state index contributed by atoms with van der Waals surface area (Å²) in [6.45, 7) is 2.96. The molecule has 0 saturated carbocycles. The summed E-state index contributed by atoms with van der Waals surface area (Å²) in [7, 11) is 0. The van der Waals surface area contributed by atoms with Crippen LogP contribution < -0.4 is 0 Å². The van der Waals surface area contributed by atoms with Gasteiger partial charge < -0.3 is 5.11 Å². The summed E-state index contributed by atoms with van der Waals surface area (Å²) in [5, 5.41) is 10.5. The monoisotopic (exact) mass is 356 g/mol. The molecule has 5 heteroatoms. The number of carboxylic acids is 1. The molecule has 1 saturated heterocycles. The number of benzene rings is 1. The first-order chi connectivity index (χ1) is 12.2. The molecule has 2 aromatic rings. The molecule has 4 nitrogen and oxygen atoms in total. The van der Waals surface area contributed by atoms with Crippen LogP contribution in [0.3, 0.4) is 0 Å². The van der Waals surface area contributed by atoms with Crippen molar-refractivity contribution in [2.24, 2.45) is 0 Å². The number of carbonyl (C=O) groups is 1. The van der Waals surface area contributed by atoms with E-state index >= 15 is 0 Å². The van der Waals surface area contributed by atoms with Gasteiger partial charge in [-0.15, -0.1) is 11.3 Å². The smallest absolute Gasteiger partial charge is 0.335 e. The van der Waals surface area contributed by atoms with Gasteiger partial charge in [0.1, 0.15) is 0 Å². The highest BCUT2D eigenvalue weighted by Gasteiger charge is 2.25. The number of aromatic nitrogens is 1. The molecule has 0 atom stereocenters. The van der Waals surface area contributed by atoms with Crippen molar-refractivity contribution in [2.45, 2.75) is 51.0 Å². The summed E-state index contributed by atoms with van der Waals surface area (Å²) in [4.78, 5) is 20.0. The zero-order valence-corrected chi connectivity index (χ0v) is 15.2. The fourth-order valence-electron chi connectivity index (χ4n) is 3.95. The lowest BCUT2D eigenvalue weighted by atomic mass is 9.96. The van der Waals surface area contributed by atoms with E-state index in [2.05, 4.69) is 4.90 Å². The number of rotatable bonds is 4. The Morgan fingerprint density at radius 2 is 2.04 bits per heavy atom. The van der Waals surface area contributed by atoms with Gasteiger partial charge in [0.25, 0.3) is 0 Å². The molecule has 1 aromatic heterocycles. The van der Waals surface area contributed by atoms with Crippen molar-refractivity contribution in [1.82, 2.24) is 9.88 Å².